The predicted octanol–water partition coefficient (Wildman–Crippen LogP) is 5.37. The monoisotopic (exact) mass is 440 g/mol. The van der Waals surface area contributed by atoms with Crippen molar-refractivity contribution in [1.29, 1.82) is 0 Å². The van der Waals surface area contributed by atoms with Crippen LogP contribution in [0.4, 0.5) is 0 Å². The van der Waals surface area contributed by atoms with Crippen molar-refractivity contribution in [3.05, 3.63) is 40.9 Å². The number of rotatable bonds is 5. The molecule has 1 heterocycles. The molecule has 1 aromatic carbocycles. The lowest BCUT2D eigenvalue weighted by Gasteiger charge is -2.53. The van der Waals surface area contributed by atoms with Crippen LogP contribution in [-0.2, 0) is 11.2 Å². The summed E-state index contributed by atoms with van der Waals surface area (Å²) in [4.78, 5) is 21.4. The molecule has 4 rings (SSSR count). The van der Waals surface area contributed by atoms with E-state index in [-0.39, 0.29) is 35.0 Å². The third-order valence-electron chi connectivity index (χ3n) is 8.05. The highest BCUT2D eigenvalue weighted by atomic mass is 32.1. The van der Waals surface area contributed by atoms with Crippen molar-refractivity contribution in [2.24, 2.45) is 23.2 Å². The molecule has 2 aliphatic rings. The van der Waals surface area contributed by atoms with Crippen LogP contribution in [0.15, 0.2) is 30.3 Å². The van der Waals surface area contributed by atoms with Gasteiger partial charge in [0.25, 0.3) is 0 Å². The van der Waals surface area contributed by atoms with E-state index in [2.05, 4.69) is 38.1 Å². The first-order valence-electron chi connectivity index (χ1n) is 11.8. The molecule has 5 heteroatoms. The molecule has 1 amide bonds. The Hall–Kier alpha value is -1.72. The molecule has 0 radical (unpaired) electrons. The molecule has 168 valence electrons. The summed E-state index contributed by atoms with van der Waals surface area (Å²) in [6.45, 7) is 12.1. The van der Waals surface area contributed by atoms with Crippen LogP contribution in [0.25, 0.3) is 10.6 Å². The first-order chi connectivity index (χ1) is 14.8. The maximum atomic E-state index is 13.0. The highest BCUT2D eigenvalue weighted by molar-refractivity contribution is 7.15. The van der Waals surface area contributed by atoms with Gasteiger partial charge in [0.1, 0.15) is 5.01 Å². The lowest BCUT2D eigenvalue weighted by atomic mass is 9.53. The summed E-state index contributed by atoms with van der Waals surface area (Å²) >= 11 is 1.82. The first-order valence-corrected chi connectivity index (χ1v) is 12.6. The van der Waals surface area contributed by atoms with E-state index < -0.39 is 6.10 Å². The van der Waals surface area contributed by atoms with Crippen LogP contribution >= 0.6 is 11.3 Å². The van der Waals surface area contributed by atoms with Gasteiger partial charge in [0, 0.05) is 35.4 Å². The predicted molar refractivity (Wildman–Crippen MR) is 127 cm³/mol. The van der Waals surface area contributed by atoms with Gasteiger partial charge in [-0.15, -0.1) is 11.3 Å². The average Bonchev–Trinajstić information content (AvgIpc) is 3.18. The Kier molecular flexibility index (Phi) is 6.28. The van der Waals surface area contributed by atoms with Crippen molar-refractivity contribution in [1.82, 2.24) is 9.88 Å². The summed E-state index contributed by atoms with van der Waals surface area (Å²) in [6, 6.07) is 10.4. The highest BCUT2D eigenvalue weighted by Crippen LogP contribution is 2.57. The number of amides is 1. The van der Waals surface area contributed by atoms with Crippen molar-refractivity contribution in [2.45, 2.75) is 65.9 Å². The second kappa shape index (κ2) is 8.67. The van der Waals surface area contributed by atoms with Gasteiger partial charge in [0.05, 0.1) is 11.8 Å². The molecule has 6 atom stereocenters. The van der Waals surface area contributed by atoms with Crippen molar-refractivity contribution in [3.63, 3.8) is 0 Å². The molecule has 2 aliphatic carbocycles. The third kappa shape index (κ3) is 3.84. The van der Waals surface area contributed by atoms with Crippen LogP contribution in [0.5, 0.6) is 0 Å². The molecule has 0 spiro atoms. The molecule has 1 N–H and O–H groups in total. The molecule has 1 fully saturated rings. The zero-order chi connectivity index (χ0) is 22.3. The first kappa shape index (κ1) is 22.5. The highest BCUT2D eigenvalue weighted by Gasteiger charge is 2.54. The maximum Gasteiger partial charge on any atom is 0.225 e. The number of carbonyl (C=O) groups is 1. The number of aliphatic hydroxyl groups excluding tert-OH is 1. The number of carbonyl (C=O) groups excluding carboxylic acids is 1. The van der Waals surface area contributed by atoms with Crippen LogP contribution in [0.2, 0.25) is 0 Å². The maximum absolute atomic E-state index is 13.0. The summed E-state index contributed by atoms with van der Waals surface area (Å²) < 4.78 is 0. The number of hydrogen-bond donors (Lipinski definition) is 1. The Labute approximate surface area is 190 Å². The molecule has 31 heavy (non-hydrogen) atoms. The topological polar surface area (TPSA) is 53.4 Å². The quantitative estimate of drug-likeness (QED) is 0.680. The fourth-order valence-electron chi connectivity index (χ4n) is 6.26. The lowest BCUT2D eigenvalue weighted by molar-refractivity contribution is -0.144. The van der Waals surface area contributed by atoms with E-state index in [9.17, 15) is 9.90 Å². The molecule has 1 aromatic heterocycles. The van der Waals surface area contributed by atoms with Crippen LogP contribution in [0.1, 0.15) is 63.9 Å². The van der Waals surface area contributed by atoms with Gasteiger partial charge in [-0.2, -0.15) is 0 Å². The zero-order valence-corrected chi connectivity index (χ0v) is 20.3. The van der Waals surface area contributed by atoms with Gasteiger partial charge in [0.15, 0.2) is 0 Å². The fraction of sp³-hybridized carbons (Fsp3) is 0.615. The molecule has 0 bridgehead atoms. The minimum absolute atomic E-state index is 0.0161. The van der Waals surface area contributed by atoms with Crippen LogP contribution < -0.4 is 0 Å². The minimum atomic E-state index is -0.474. The van der Waals surface area contributed by atoms with Crippen molar-refractivity contribution in [2.75, 3.05) is 13.1 Å². The smallest absolute Gasteiger partial charge is 0.225 e. The number of nitrogens with zero attached hydrogens (tertiary/aromatic N) is 2. The summed E-state index contributed by atoms with van der Waals surface area (Å²) in [6.07, 6.45) is 2.47. The van der Waals surface area contributed by atoms with Gasteiger partial charge >= 0.3 is 0 Å². The fourth-order valence-corrected chi connectivity index (χ4v) is 7.63. The van der Waals surface area contributed by atoms with Gasteiger partial charge < -0.3 is 10.0 Å². The van der Waals surface area contributed by atoms with E-state index in [0.29, 0.717) is 0 Å². The Morgan fingerprint density at radius 1 is 1.29 bits per heavy atom. The van der Waals surface area contributed by atoms with E-state index in [0.717, 1.165) is 43.1 Å². The number of fused-ring (bicyclic) bond motifs is 2. The second-order valence-corrected chi connectivity index (χ2v) is 10.9. The van der Waals surface area contributed by atoms with E-state index in [1.165, 1.54) is 10.4 Å². The molecular formula is C26H36N2O2S. The third-order valence-corrected chi connectivity index (χ3v) is 9.17. The number of aromatic nitrogens is 1. The van der Waals surface area contributed by atoms with Crippen molar-refractivity contribution < 1.29 is 9.90 Å². The van der Waals surface area contributed by atoms with Gasteiger partial charge in [-0.1, -0.05) is 51.1 Å². The Morgan fingerprint density at radius 2 is 1.97 bits per heavy atom. The van der Waals surface area contributed by atoms with Crippen molar-refractivity contribution >= 4 is 17.2 Å². The van der Waals surface area contributed by atoms with Crippen LogP contribution in [0.3, 0.4) is 0 Å². The Morgan fingerprint density at radius 3 is 2.61 bits per heavy atom. The summed E-state index contributed by atoms with van der Waals surface area (Å²) in [5, 5.41) is 12.7. The summed E-state index contributed by atoms with van der Waals surface area (Å²) in [7, 11) is 0. The SMILES string of the molecule is CCN(CC)C(=O)[C@@H](C)[C@H]1CC[C@@]2(C)Cc3sc(-c4ccccc4)nc3[C@@H](C)[C@@H]2[C@H]1O. The van der Waals surface area contributed by atoms with Gasteiger partial charge in [-0.25, -0.2) is 4.98 Å². The van der Waals surface area contributed by atoms with E-state index in [4.69, 9.17) is 4.98 Å². The minimum Gasteiger partial charge on any atom is -0.392 e. The van der Waals surface area contributed by atoms with Gasteiger partial charge in [-0.05, 0) is 50.4 Å². The van der Waals surface area contributed by atoms with Gasteiger partial charge in [-0.3, -0.25) is 4.79 Å². The Balaban J connectivity index is 1.62. The summed E-state index contributed by atoms with van der Waals surface area (Å²) in [5.74, 6) is 0.375. The number of hydrogen-bond acceptors (Lipinski definition) is 4. The van der Waals surface area contributed by atoms with Gasteiger partial charge in [0.2, 0.25) is 5.91 Å². The summed E-state index contributed by atoms with van der Waals surface area (Å²) in [5.41, 5.74) is 2.38. The molecule has 1 saturated carbocycles. The normalized spacial score (nSPS) is 30.9. The molecule has 0 aliphatic heterocycles. The number of benzene rings is 1. The van der Waals surface area contributed by atoms with Crippen LogP contribution in [-0.4, -0.2) is 40.1 Å². The molecule has 2 aromatic rings. The zero-order valence-electron chi connectivity index (χ0n) is 19.5. The van der Waals surface area contributed by atoms with E-state index >= 15 is 0 Å². The molecular weight excluding hydrogens is 404 g/mol. The standard InChI is InChI=1S/C26H36N2O2S/c1-6-28(7-2)25(30)16(3)19-13-14-26(5)15-20-22(17(4)21(26)23(19)29)27-24(31-20)18-11-9-8-10-12-18/h8-12,16-17,19,21,23,29H,6-7,13-15H2,1-5H3/t16-,17-,19+,21+,23-,26-/m0/s1. The van der Waals surface area contributed by atoms with E-state index in [1.807, 2.05) is 43.1 Å². The number of thiazole rings is 1. The largest absolute Gasteiger partial charge is 0.392 e. The Bertz CT molecular complexity index is 923. The number of aliphatic hydroxyl groups is 1. The molecule has 0 unspecified atom stereocenters. The second-order valence-electron chi connectivity index (χ2n) is 9.83. The van der Waals surface area contributed by atoms with Crippen LogP contribution in [0, 0.1) is 23.2 Å². The molecule has 4 nitrogen and oxygen atoms in total. The molecule has 0 saturated heterocycles. The lowest BCUT2D eigenvalue weighted by Crippen LogP contribution is -2.53. The average molecular weight is 441 g/mol. The van der Waals surface area contributed by atoms with E-state index in [1.54, 1.807) is 0 Å². The van der Waals surface area contributed by atoms with Crippen molar-refractivity contribution in [3.8, 4) is 10.6 Å².